The number of carbonyl (C=O) groups is 1. The zero-order valence-corrected chi connectivity index (χ0v) is 17.0. The number of thiazole rings is 1. The van der Waals surface area contributed by atoms with Gasteiger partial charge < -0.3 is 4.74 Å². The number of nitrogens with zero attached hydrogens (tertiary/aromatic N) is 3. The molecule has 0 radical (unpaired) electrons. The average molecular weight is 404 g/mol. The molecule has 0 bridgehead atoms. The molecule has 0 spiro atoms. The van der Waals surface area contributed by atoms with E-state index in [4.69, 9.17) is 4.74 Å². The van der Waals surface area contributed by atoms with E-state index in [2.05, 4.69) is 28.4 Å². The van der Waals surface area contributed by atoms with E-state index in [9.17, 15) is 4.79 Å². The maximum absolute atomic E-state index is 13.1. The number of methoxy groups -OCH3 is 1. The molecule has 29 heavy (non-hydrogen) atoms. The monoisotopic (exact) mass is 404 g/mol. The van der Waals surface area contributed by atoms with Gasteiger partial charge in [0.2, 0.25) is 0 Å². The van der Waals surface area contributed by atoms with Gasteiger partial charge in [0.15, 0.2) is 5.13 Å². The number of anilines is 1. The molecular weight excluding hydrogens is 384 g/mol. The first kappa shape index (κ1) is 17.9. The normalized spacial score (nSPS) is 13.6. The van der Waals surface area contributed by atoms with E-state index < -0.39 is 0 Å². The quantitative estimate of drug-likeness (QED) is 0.512. The molecule has 1 fully saturated rings. The molecule has 7 heteroatoms. The number of ether oxygens (including phenoxy) is 1. The number of nitrogens with one attached hydrogen (secondary N) is 1. The van der Waals surface area contributed by atoms with Crippen LogP contribution in [0.4, 0.5) is 5.13 Å². The minimum absolute atomic E-state index is 0.169. The van der Waals surface area contributed by atoms with Crippen molar-refractivity contribution in [1.82, 2.24) is 14.8 Å². The number of amides is 1. The van der Waals surface area contributed by atoms with Crippen molar-refractivity contribution in [3.8, 4) is 11.4 Å². The first-order valence-corrected chi connectivity index (χ1v) is 10.4. The lowest BCUT2D eigenvalue weighted by Crippen LogP contribution is -2.14. The minimum atomic E-state index is -0.169. The fraction of sp³-hybridized carbons (Fsp3) is 0.227. The molecular formula is C22H20N4O2S. The Morgan fingerprint density at radius 3 is 2.83 bits per heavy atom. The van der Waals surface area contributed by atoms with Gasteiger partial charge in [-0.05, 0) is 49.6 Å². The Morgan fingerprint density at radius 1 is 1.24 bits per heavy atom. The molecule has 1 amide bonds. The maximum Gasteiger partial charge on any atom is 0.260 e. The zero-order valence-electron chi connectivity index (χ0n) is 16.2. The number of aromatic nitrogens is 3. The predicted octanol–water partition coefficient (Wildman–Crippen LogP) is 4.93. The highest BCUT2D eigenvalue weighted by atomic mass is 32.1. The van der Waals surface area contributed by atoms with E-state index in [1.165, 1.54) is 11.3 Å². The van der Waals surface area contributed by atoms with Gasteiger partial charge in [-0.1, -0.05) is 29.5 Å². The molecule has 1 aliphatic rings. The number of hydrogen-bond acceptors (Lipinski definition) is 5. The Kier molecular flexibility index (Phi) is 4.32. The largest absolute Gasteiger partial charge is 0.497 e. The predicted molar refractivity (Wildman–Crippen MR) is 114 cm³/mol. The summed E-state index contributed by atoms with van der Waals surface area (Å²) in [6.45, 7) is 2.06. The van der Waals surface area contributed by atoms with Gasteiger partial charge >= 0.3 is 0 Å². The highest BCUT2D eigenvalue weighted by Gasteiger charge is 2.33. The summed E-state index contributed by atoms with van der Waals surface area (Å²) in [6.07, 6.45) is 3.84. The lowest BCUT2D eigenvalue weighted by molar-refractivity contribution is 0.102. The molecule has 0 atom stereocenters. The number of fused-ring (bicyclic) bond motifs is 1. The SMILES string of the molecule is COc1ccc2nc(NC(=O)c3cnn(-c4ccccc4C)c3C3CC3)sc2c1. The molecule has 4 aromatic rings. The van der Waals surface area contributed by atoms with Gasteiger partial charge in [-0.3, -0.25) is 10.1 Å². The van der Waals surface area contributed by atoms with E-state index in [0.29, 0.717) is 16.6 Å². The second-order valence-corrected chi connectivity index (χ2v) is 8.25. The standard InChI is InChI=1S/C22H20N4O2S/c1-13-5-3-4-6-18(13)26-20(14-7-8-14)16(12-23-26)21(27)25-22-24-17-10-9-15(28-2)11-19(17)29-22/h3-6,9-12,14H,7-8H2,1-2H3,(H,24,25,27). The lowest BCUT2D eigenvalue weighted by atomic mass is 10.1. The third kappa shape index (κ3) is 3.27. The fourth-order valence-electron chi connectivity index (χ4n) is 3.53. The number of carbonyl (C=O) groups excluding carboxylic acids is 1. The summed E-state index contributed by atoms with van der Waals surface area (Å²) in [4.78, 5) is 17.6. The van der Waals surface area contributed by atoms with Crippen LogP contribution in [-0.4, -0.2) is 27.8 Å². The van der Waals surface area contributed by atoms with Crippen LogP contribution in [0.25, 0.3) is 15.9 Å². The van der Waals surface area contributed by atoms with E-state index in [-0.39, 0.29) is 5.91 Å². The molecule has 0 saturated heterocycles. The van der Waals surface area contributed by atoms with Gasteiger partial charge in [0.05, 0.1) is 40.5 Å². The fourth-order valence-corrected chi connectivity index (χ4v) is 4.41. The van der Waals surface area contributed by atoms with Crippen molar-refractivity contribution < 1.29 is 9.53 Å². The molecule has 2 heterocycles. The second-order valence-electron chi connectivity index (χ2n) is 7.22. The minimum Gasteiger partial charge on any atom is -0.497 e. The molecule has 0 aliphatic heterocycles. The lowest BCUT2D eigenvalue weighted by Gasteiger charge is -2.11. The van der Waals surface area contributed by atoms with E-state index in [1.807, 2.05) is 41.1 Å². The Hall–Kier alpha value is -3.19. The van der Waals surface area contributed by atoms with Crippen LogP contribution in [0, 0.1) is 6.92 Å². The number of aryl methyl sites for hydroxylation is 1. The molecule has 1 aliphatic carbocycles. The highest BCUT2D eigenvalue weighted by Crippen LogP contribution is 2.43. The van der Waals surface area contributed by atoms with Crippen molar-refractivity contribution in [1.29, 1.82) is 0 Å². The van der Waals surface area contributed by atoms with Crippen molar-refractivity contribution in [2.45, 2.75) is 25.7 Å². The molecule has 5 rings (SSSR count). The average Bonchev–Trinajstić information content (AvgIpc) is 3.33. The summed E-state index contributed by atoms with van der Waals surface area (Å²) in [5.41, 5.74) is 4.58. The van der Waals surface area contributed by atoms with Gasteiger partial charge in [0.1, 0.15) is 5.75 Å². The first-order valence-electron chi connectivity index (χ1n) is 9.54. The third-order valence-corrected chi connectivity index (χ3v) is 6.11. The van der Waals surface area contributed by atoms with Crippen LogP contribution in [0.15, 0.2) is 48.7 Å². The van der Waals surface area contributed by atoms with E-state index in [0.717, 1.165) is 45.8 Å². The first-order chi connectivity index (χ1) is 14.1. The van der Waals surface area contributed by atoms with Crippen molar-refractivity contribution in [2.24, 2.45) is 0 Å². The van der Waals surface area contributed by atoms with Gasteiger partial charge in [0, 0.05) is 5.92 Å². The van der Waals surface area contributed by atoms with Crippen molar-refractivity contribution >= 4 is 32.6 Å². The van der Waals surface area contributed by atoms with Crippen molar-refractivity contribution in [2.75, 3.05) is 12.4 Å². The third-order valence-electron chi connectivity index (χ3n) is 5.17. The Labute approximate surface area is 172 Å². The summed E-state index contributed by atoms with van der Waals surface area (Å²) >= 11 is 1.44. The van der Waals surface area contributed by atoms with Crippen LogP contribution in [-0.2, 0) is 0 Å². The summed E-state index contributed by atoms with van der Waals surface area (Å²) in [7, 11) is 1.64. The van der Waals surface area contributed by atoms with Gasteiger partial charge in [0.25, 0.3) is 5.91 Å². The molecule has 2 aromatic heterocycles. The van der Waals surface area contributed by atoms with E-state index >= 15 is 0 Å². The molecule has 146 valence electrons. The Bertz CT molecular complexity index is 1220. The zero-order chi connectivity index (χ0) is 20.0. The summed E-state index contributed by atoms with van der Waals surface area (Å²) in [5, 5.41) is 8.09. The molecule has 1 N–H and O–H groups in total. The Balaban J connectivity index is 1.48. The highest BCUT2D eigenvalue weighted by molar-refractivity contribution is 7.22. The van der Waals surface area contributed by atoms with Gasteiger partial charge in [-0.25, -0.2) is 9.67 Å². The molecule has 0 unspecified atom stereocenters. The summed E-state index contributed by atoms with van der Waals surface area (Å²) < 4.78 is 8.16. The number of para-hydroxylation sites is 1. The van der Waals surface area contributed by atoms with Gasteiger partial charge in [-0.2, -0.15) is 5.10 Å². The summed E-state index contributed by atoms with van der Waals surface area (Å²) in [5.74, 6) is 0.977. The van der Waals surface area contributed by atoms with Crippen LogP contribution in [0.2, 0.25) is 0 Å². The molecule has 1 saturated carbocycles. The molecule has 6 nitrogen and oxygen atoms in total. The molecule has 2 aromatic carbocycles. The maximum atomic E-state index is 13.1. The number of hydrogen-bond donors (Lipinski definition) is 1. The summed E-state index contributed by atoms with van der Waals surface area (Å²) in [6, 6.07) is 13.8. The Morgan fingerprint density at radius 2 is 2.07 bits per heavy atom. The van der Waals surface area contributed by atoms with Crippen molar-refractivity contribution in [3.05, 3.63) is 65.5 Å². The second kappa shape index (κ2) is 7.00. The topological polar surface area (TPSA) is 69.0 Å². The number of rotatable bonds is 5. The van der Waals surface area contributed by atoms with Crippen LogP contribution < -0.4 is 10.1 Å². The smallest absolute Gasteiger partial charge is 0.260 e. The van der Waals surface area contributed by atoms with Crippen molar-refractivity contribution in [3.63, 3.8) is 0 Å². The number of benzene rings is 2. The van der Waals surface area contributed by atoms with Crippen LogP contribution in [0.3, 0.4) is 0 Å². The van der Waals surface area contributed by atoms with Crippen LogP contribution >= 0.6 is 11.3 Å². The van der Waals surface area contributed by atoms with Gasteiger partial charge in [-0.15, -0.1) is 0 Å². The van der Waals surface area contributed by atoms with Crippen LogP contribution in [0.1, 0.15) is 40.4 Å². The van der Waals surface area contributed by atoms with Crippen LogP contribution in [0.5, 0.6) is 5.75 Å². The van der Waals surface area contributed by atoms with E-state index in [1.54, 1.807) is 13.3 Å².